The Balaban J connectivity index is 1.53. The van der Waals surface area contributed by atoms with Gasteiger partial charge in [-0.05, 0) is 36.3 Å². The molecule has 3 aromatic rings. The molecule has 0 aliphatic carbocycles. The second kappa shape index (κ2) is 12.0. The number of carbonyl (C=O) groups excluding carboxylic acids is 1. The van der Waals surface area contributed by atoms with E-state index in [0.717, 1.165) is 35.4 Å². The van der Waals surface area contributed by atoms with E-state index in [2.05, 4.69) is 4.72 Å². The van der Waals surface area contributed by atoms with Crippen LogP contribution in [0.25, 0.3) is 0 Å². The van der Waals surface area contributed by atoms with Crippen LogP contribution in [0.3, 0.4) is 0 Å². The molecule has 0 radical (unpaired) electrons. The first kappa shape index (κ1) is 27.0. The Morgan fingerprint density at radius 2 is 1.50 bits per heavy atom. The summed E-state index contributed by atoms with van der Waals surface area (Å²) in [5, 5.41) is 10.9. The van der Waals surface area contributed by atoms with Crippen molar-refractivity contribution in [2.75, 3.05) is 0 Å². The third kappa shape index (κ3) is 6.62. The summed E-state index contributed by atoms with van der Waals surface area (Å²) in [5.74, 6) is 0. The summed E-state index contributed by atoms with van der Waals surface area (Å²) in [5.41, 5.74) is 1.49. The number of benzene rings is 3. The zero-order chi connectivity index (χ0) is 27.1. The molecule has 1 amide bonds. The Kier molecular flexibility index (Phi) is 8.52. The number of non-ortho nitro benzene ring substituents is 1. The van der Waals surface area contributed by atoms with Crippen LogP contribution in [0, 0.1) is 10.1 Å². The van der Waals surface area contributed by atoms with Crippen molar-refractivity contribution in [3.63, 3.8) is 0 Å². The molecule has 1 N–H and O–H groups in total. The van der Waals surface area contributed by atoms with Gasteiger partial charge in [0.1, 0.15) is 6.61 Å². The SMILES string of the molecule is C[C@@H]1[C@@H](NS(=O)(=O)c2ccc([N+](=O)[O-])cc2)C=C[C@@H](OCc2ccccc2)N1C(=O)OCc1ccccc1. The Morgan fingerprint density at radius 3 is 2.08 bits per heavy atom. The molecule has 3 atom stereocenters. The average Bonchev–Trinajstić information content (AvgIpc) is 2.93. The van der Waals surface area contributed by atoms with E-state index < -0.39 is 39.4 Å². The summed E-state index contributed by atoms with van der Waals surface area (Å²) in [6, 6.07) is 21.7. The minimum absolute atomic E-state index is 0.0389. The quantitative estimate of drug-likeness (QED) is 0.244. The van der Waals surface area contributed by atoms with E-state index in [4.69, 9.17) is 9.47 Å². The van der Waals surface area contributed by atoms with Crippen LogP contribution >= 0.6 is 0 Å². The van der Waals surface area contributed by atoms with Crippen LogP contribution in [-0.2, 0) is 32.7 Å². The molecular formula is C27H27N3O7S. The van der Waals surface area contributed by atoms with Gasteiger partial charge < -0.3 is 9.47 Å². The topological polar surface area (TPSA) is 128 Å². The number of nitro benzene ring substituents is 1. The minimum Gasteiger partial charge on any atom is -0.444 e. The van der Waals surface area contributed by atoms with Crippen LogP contribution in [-0.4, -0.2) is 42.6 Å². The highest BCUT2D eigenvalue weighted by Crippen LogP contribution is 2.24. The number of nitrogens with one attached hydrogen (secondary N) is 1. The summed E-state index contributed by atoms with van der Waals surface area (Å²) in [6.45, 7) is 1.95. The lowest BCUT2D eigenvalue weighted by Crippen LogP contribution is -2.57. The van der Waals surface area contributed by atoms with Gasteiger partial charge in [-0.2, -0.15) is 0 Å². The molecule has 4 rings (SSSR count). The molecule has 10 nitrogen and oxygen atoms in total. The van der Waals surface area contributed by atoms with Crippen LogP contribution in [0.2, 0.25) is 0 Å². The molecular weight excluding hydrogens is 510 g/mol. The van der Waals surface area contributed by atoms with Gasteiger partial charge >= 0.3 is 6.09 Å². The molecule has 0 saturated heterocycles. The van der Waals surface area contributed by atoms with Crippen LogP contribution in [0.5, 0.6) is 0 Å². The van der Waals surface area contributed by atoms with Gasteiger partial charge in [0.25, 0.3) is 5.69 Å². The van der Waals surface area contributed by atoms with Crippen molar-refractivity contribution < 1.29 is 27.6 Å². The molecule has 0 saturated carbocycles. The number of nitro groups is 1. The predicted octanol–water partition coefficient (Wildman–Crippen LogP) is 4.38. The van der Waals surface area contributed by atoms with Crippen molar-refractivity contribution in [2.24, 2.45) is 0 Å². The van der Waals surface area contributed by atoms with Gasteiger partial charge in [-0.15, -0.1) is 0 Å². The molecule has 3 aromatic carbocycles. The normalized spacial score (nSPS) is 19.2. The van der Waals surface area contributed by atoms with E-state index in [1.807, 2.05) is 60.7 Å². The number of nitrogens with zero attached hydrogens (tertiary/aromatic N) is 2. The number of hydrogen-bond donors (Lipinski definition) is 1. The maximum atomic E-state index is 13.2. The molecule has 0 fully saturated rings. The first-order valence-electron chi connectivity index (χ1n) is 11.8. The fourth-order valence-electron chi connectivity index (χ4n) is 3.96. The lowest BCUT2D eigenvalue weighted by molar-refractivity contribution is -0.384. The van der Waals surface area contributed by atoms with Crippen molar-refractivity contribution in [2.45, 2.75) is 43.3 Å². The predicted molar refractivity (Wildman–Crippen MR) is 139 cm³/mol. The fraction of sp³-hybridized carbons (Fsp3) is 0.222. The highest BCUT2D eigenvalue weighted by atomic mass is 32.2. The zero-order valence-corrected chi connectivity index (χ0v) is 21.4. The van der Waals surface area contributed by atoms with Crippen LogP contribution in [0.1, 0.15) is 18.1 Å². The molecule has 0 unspecified atom stereocenters. The number of hydrogen-bond acceptors (Lipinski definition) is 7. The highest BCUT2D eigenvalue weighted by Gasteiger charge is 2.38. The first-order chi connectivity index (χ1) is 18.2. The largest absolute Gasteiger partial charge is 0.444 e. The number of amides is 1. The average molecular weight is 538 g/mol. The van der Waals surface area contributed by atoms with Crippen molar-refractivity contribution in [1.82, 2.24) is 9.62 Å². The second-order valence-corrected chi connectivity index (χ2v) is 10.4. The standard InChI is InChI=1S/C27H27N3O7S/c1-20-25(28-38(34,35)24-14-12-23(13-15-24)30(32)33)16-17-26(36-18-21-8-4-2-5-9-21)29(20)27(31)37-19-22-10-6-3-7-11-22/h2-17,20,25-26,28H,18-19H2,1H3/t20-,25+,26-/m1/s1. The summed E-state index contributed by atoms with van der Waals surface area (Å²) < 4.78 is 40.2. The number of rotatable bonds is 9. The molecule has 198 valence electrons. The maximum absolute atomic E-state index is 13.2. The summed E-state index contributed by atoms with van der Waals surface area (Å²) in [7, 11) is -4.06. The molecule has 1 aliphatic heterocycles. The second-order valence-electron chi connectivity index (χ2n) is 8.66. The van der Waals surface area contributed by atoms with Crippen molar-refractivity contribution in [3.8, 4) is 0 Å². The monoisotopic (exact) mass is 537 g/mol. The lowest BCUT2D eigenvalue weighted by Gasteiger charge is -2.40. The molecule has 11 heteroatoms. The van der Waals surface area contributed by atoms with E-state index in [9.17, 15) is 23.3 Å². The lowest BCUT2D eigenvalue weighted by atomic mass is 10.0. The molecule has 1 heterocycles. The van der Waals surface area contributed by atoms with Crippen molar-refractivity contribution >= 4 is 21.8 Å². The third-order valence-electron chi connectivity index (χ3n) is 6.04. The van der Waals surface area contributed by atoms with Gasteiger partial charge in [0.15, 0.2) is 6.23 Å². The highest BCUT2D eigenvalue weighted by molar-refractivity contribution is 7.89. The zero-order valence-electron chi connectivity index (χ0n) is 20.5. The summed E-state index contributed by atoms with van der Waals surface area (Å²) in [4.78, 5) is 24.8. The van der Waals surface area contributed by atoms with E-state index in [0.29, 0.717) is 0 Å². The third-order valence-corrected chi connectivity index (χ3v) is 7.52. The Morgan fingerprint density at radius 1 is 0.921 bits per heavy atom. The van der Waals surface area contributed by atoms with Gasteiger partial charge in [0.2, 0.25) is 10.0 Å². The Labute approximate surface area is 220 Å². The number of carbonyl (C=O) groups is 1. The number of sulfonamides is 1. The fourth-order valence-corrected chi connectivity index (χ4v) is 5.22. The molecule has 1 aliphatic rings. The minimum atomic E-state index is -4.06. The summed E-state index contributed by atoms with van der Waals surface area (Å²) >= 11 is 0. The van der Waals surface area contributed by atoms with Crippen LogP contribution < -0.4 is 4.72 Å². The van der Waals surface area contributed by atoms with Crippen molar-refractivity contribution in [1.29, 1.82) is 0 Å². The van der Waals surface area contributed by atoms with E-state index >= 15 is 0 Å². The maximum Gasteiger partial charge on any atom is 0.412 e. The Hall–Kier alpha value is -4.06. The van der Waals surface area contributed by atoms with Gasteiger partial charge in [0.05, 0.1) is 28.5 Å². The smallest absolute Gasteiger partial charge is 0.412 e. The van der Waals surface area contributed by atoms with Crippen molar-refractivity contribution in [3.05, 3.63) is 118 Å². The summed E-state index contributed by atoms with van der Waals surface area (Å²) in [6.07, 6.45) is 1.77. The van der Waals surface area contributed by atoms with Gasteiger partial charge in [-0.25, -0.2) is 17.9 Å². The van der Waals surface area contributed by atoms with Crippen LogP contribution in [0.4, 0.5) is 10.5 Å². The van der Waals surface area contributed by atoms with Crippen LogP contribution in [0.15, 0.2) is 102 Å². The van der Waals surface area contributed by atoms with Gasteiger partial charge in [-0.1, -0.05) is 66.7 Å². The number of ether oxygens (including phenoxy) is 2. The molecule has 0 aromatic heterocycles. The molecule has 0 bridgehead atoms. The Bertz CT molecular complexity index is 1380. The van der Waals surface area contributed by atoms with E-state index in [1.54, 1.807) is 19.1 Å². The van der Waals surface area contributed by atoms with E-state index in [-0.39, 0.29) is 23.8 Å². The molecule has 38 heavy (non-hydrogen) atoms. The van der Waals surface area contributed by atoms with E-state index in [1.165, 1.54) is 4.90 Å². The van der Waals surface area contributed by atoms with Gasteiger partial charge in [-0.3, -0.25) is 15.0 Å². The molecule has 0 spiro atoms. The van der Waals surface area contributed by atoms with Gasteiger partial charge in [0, 0.05) is 12.1 Å². The first-order valence-corrected chi connectivity index (χ1v) is 13.3.